The van der Waals surface area contributed by atoms with Crippen LogP contribution in [0.1, 0.15) is 12.0 Å². The number of hydrazine groups is 1. The molecule has 0 radical (unpaired) electrons. The van der Waals surface area contributed by atoms with E-state index in [4.69, 9.17) is 22.7 Å². The second kappa shape index (κ2) is 4.63. The van der Waals surface area contributed by atoms with E-state index in [1.807, 2.05) is 0 Å². The number of amides is 1. The summed E-state index contributed by atoms with van der Waals surface area (Å²) in [5.41, 5.74) is 6.75. The number of hydrogen-bond donors (Lipinski definition) is 3. The van der Waals surface area contributed by atoms with E-state index in [1.165, 1.54) is 5.01 Å². The summed E-state index contributed by atoms with van der Waals surface area (Å²) in [5.74, 6) is -0.340. The third-order valence-electron chi connectivity index (χ3n) is 3.63. The smallest absolute Gasteiger partial charge is 0.294 e. The largest absolute Gasteiger partial charge is 0.506 e. The number of halogens is 1. The molecular formula is C13H14ClN5O2. The Kier molecular flexibility index (Phi) is 3.02. The minimum atomic E-state index is -0.307. The molecule has 0 saturated carbocycles. The van der Waals surface area contributed by atoms with Crippen molar-refractivity contribution in [3.8, 4) is 5.75 Å². The number of carbonyl (C=O) groups is 1. The van der Waals surface area contributed by atoms with Crippen LogP contribution in [-0.2, 0) is 4.79 Å². The molecule has 3 rings (SSSR count). The molecule has 4 N–H and O–H groups in total. The fraction of sp³-hybridized carbons (Fsp3) is 0.308. The number of phenolic OH excluding ortho intramolecular Hbond substituents is 1. The van der Waals surface area contributed by atoms with Crippen LogP contribution in [0.4, 0.5) is 11.4 Å². The van der Waals surface area contributed by atoms with Gasteiger partial charge in [-0.05, 0) is 25.0 Å². The van der Waals surface area contributed by atoms with Crippen LogP contribution in [0.25, 0.3) is 0 Å². The maximum atomic E-state index is 12.2. The number of aliphatic imine (C=N–C) groups is 1. The number of nitrogen functional groups attached to an aromatic ring is 1. The summed E-state index contributed by atoms with van der Waals surface area (Å²) in [6, 6.07) is 1.54. The van der Waals surface area contributed by atoms with E-state index < -0.39 is 0 Å². The van der Waals surface area contributed by atoms with Gasteiger partial charge in [0.1, 0.15) is 10.8 Å². The Labute approximate surface area is 126 Å². The van der Waals surface area contributed by atoms with E-state index in [9.17, 15) is 9.90 Å². The molecule has 0 aliphatic carbocycles. The monoisotopic (exact) mass is 307 g/mol. The van der Waals surface area contributed by atoms with Gasteiger partial charge in [-0.25, -0.2) is 10.0 Å². The predicted molar refractivity (Wildman–Crippen MR) is 80.1 cm³/mol. The number of nitrogens with zero attached hydrogens (tertiary/aromatic N) is 3. The number of anilines is 1. The number of aryl methyl sites for hydroxylation is 1. The number of aromatic hydroxyl groups is 1. The van der Waals surface area contributed by atoms with Gasteiger partial charge >= 0.3 is 0 Å². The van der Waals surface area contributed by atoms with Gasteiger partial charge in [-0.2, -0.15) is 0 Å². The standard InChI is InChI=1S/C13H14ClN5O2/c1-6-5-7(9(15)8(14)11(6)20)17-10-12(16)18-3-2-4-19(18)13(10)21/h5,16,20H,2-4,15H2,1H3. The Balaban J connectivity index is 2.07. The third-order valence-corrected chi connectivity index (χ3v) is 4.01. The first-order valence-electron chi connectivity index (χ1n) is 6.46. The van der Waals surface area contributed by atoms with Crippen molar-refractivity contribution in [3.05, 3.63) is 16.7 Å². The summed E-state index contributed by atoms with van der Waals surface area (Å²) in [6.07, 6.45) is 0.841. The van der Waals surface area contributed by atoms with Crippen molar-refractivity contribution >= 4 is 40.4 Å². The molecule has 2 saturated heterocycles. The summed E-state index contributed by atoms with van der Waals surface area (Å²) < 4.78 is 0. The van der Waals surface area contributed by atoms with Crippen LogP contribution < -0.4 is 5.73 Å². The molecule has 8 heteroatoms. The van der Waals surface area contributed by atoms with Crippen LogP contribution in [-0.4, -0.2) is 45.7 Å². The molecule has 1 aromatic rings. The van der Waals surface area contributed by atoms with Crippen molar-refractivity contribution in [3.63, 3.8) is 0 Å². The first-order valence-corrected chi connectivity index (χ1v) is 6.84. The lowest BCUT2D eigenvalue weighted by Gasteiger charge is -2.17. The summed E-state index contributed by atoms with van der Waals surface area (Å²) in [6.45, 7) is 2.88. The fourth-order valence-corrected chi connectivity index (χ4v) is 2.73. The van der Waals surface area contributed by atoms with Gasteiger partial charge < -0.3 is 10.8 Å². The first-order chi connectivity index (χ1) is 9.91. The van der Waals surface area contributed by atoms with Crippen molar-refractivity contribution in [2.45, 2.75) is 13.3 Å². The van der Waals surface area contributed by atoms with Crippen LogP contribution in [0, 0.1) is 12.3 Å². The third kappa shape index (κ3) is 1.92. The van der Waals surface area contributed by atoms with Gasteiger partial charge in [-0.15, -0.1) is 0 Å². The van der Waals surface area contributed by atoms with E-state index in [-0.39, 0.29) is 39.6 Å². The Bertz CT molecular complexity index is 676. The Morgan fingerprint density at radius 2 is 2.10 bits per heavy atom. The predicted octanol–water partition coefficient (Wildman–Crippen LogP) is 1.45. The molecule has 0 aromatic heterocycles. The number of hydrogen-bond acceptors (Lipinski definition) is 5. The van der Waals surface area contributed by atoms with E-state index in [2.05, 4.69) is 4.99 Å². The quantitative estimate of drug-likeness (QED) is 0.683. The molecule has 2 aliphatic heterocycles. The van der Waals surface area contributed by atoms with Gasteiger partial charge in [0.15, 0.2) is 11.5 Å². The van der Waals surface area contributed by atoms with Gasteiger partial charge in [-0.1, -0.05) is 11.6 Å². The van der Waals surface area contributed by atoms with E-state index in [0.717, 1.165) is 6.42 Å². The molecule has 0 spiro atoms. The lowest BCUT2D eigenvalue weighted by molar-refractivity contribution is -0.129. The second-order valence-electron chi connectivity index (χ2n) is 5.00. The highest BCUT2D eigenvalue weighted by Gasteiger charge is 2.42. The number of benzene rings is 1. The topological polar surface area (TPSA) is 106 Å². The van der Waals surface area contributed by atoms with E-state index in [0.29, 0.717) is 18.7 Å². The number of nitrogens with two attached hydrogens (primary N) is 1. The van der Waals surface area contributed by atoms with Crippen molar-refractivity contribution < 1.29 is 9.90 Å². The molecule has 21 heavy (non-hydrogen) atoms. The molecule has 2 heterocycles. The minimum absolute atomic E-state index is 0.00660. The first kappa shape index (κ1) is 13.7. The average molecular weight is 308 g/mol. The highest BCUT2D eigenvalue weighted by Crippen LogP contribution is 2.39. The maximum absolute atomic E-state index is 12.2. The van der Waals surface area contributed by atoms with Gasteiger partial charge in [-0.3, -0.25) is 15.2 Å². The zero-order chi connectivity index (χ0) is 15.3. The normalized spacial score (nSPS) is 19.8. The molecule has 7 nitrogen and oxygen atoms in total. The molecule has 2 aliphatic rings. The number of rotatable bonds is 1. The summed E-state index contributed by atoms with van der Waals surface area (Å²) in [4.78, 5) is 16.4. The van der Waals surface area contributed by atoms with Crippen molar-refractivity contribution in [1.82, 2.24) is 10.0 Å². The molecular weight excluding hydrogens is 294 g/mol. The SMILES string of the molecule is Cc1cc(N=C2C(=N)N3CCCN3C2=O)c(N)c(Cl)c1O. The number of fused-ring (bicyclic) bond motifs is 1. The number of nitrogens with one attached hydrogen (secondary N) is 1. The fourth-order valence-electron chi connectivity index (χ4n) is 2.48. The highest BCUT2D eigenvalue weighted by molar-refractivity contribution is 6.68. The lowest BCUT2D eigenvalue weighted by Crippen LogP contribution is -2.33. The summed E-state index contributed by atoms with van der Waals surface area (Å²) in [5, 5.41) is 20.9. The van der Waals surface area contributed by atoms with Crippen LogP contribution in [0.5, 0.6) is 5.75 Å². The van der Waals surface area contributed by atoms with Crippen LogP contribution in [0.3, 0.4) is 0 Å². The van der Waals surface area contributed by atoms with Crippen LogP contribution >= 0.6 is 11.6 Å². The van der Waals surface area contributed by atoms with Crippen LogP contribution in [0.2, 0.25) is 5.02 Å². The number of carbonyl (C=O) groups excluding carboxylic acids is 1. The Morgan fingerprint density at radius 1 is 1.43 bits per heavy atom. The highest BCUT2D eigenvalue weighted by atomic mass is 35.5. The lowest BCUT2D eigenvalue weighted by atomic mass is 10.1. The van der Waals surface area contributed by atoms with E-state index >= 15 is 0 Å². The maximum Gasteiger partial charge on any atom is 0.294 e. The van der Waals surface area contributed by atoms with Gasteiger partial charge in [0.25, 0.3) is 5.91 Å². The molecule has 110 valence electrons. The van der Waals surface area contributed by atoms with Crippen molar-refractivity contribution in [1.29, 1.82) is 5.41 Å². The molecule has 0 bridgehead atoms. The molecule has 0 unspecified atom stereocenters. The summed E-state index contributed by atoms with van der Waals surface area (Å²) in [7, 11) is 0. The molecule has 1 aromatic carbocycles. The number of phenols is 1. The van der Waals surface area contributed by atoms with E-state index in [1.54, 1.807) is 18.0 Å². The van der Waals surface area contributed by atoms with Gasteiger partial charge in [0.05, 0.1) is 11.4 Å². The average Bonchev–Trinajstić information content (AvgIpc) is 3.02. The Morgan fingerprint density at radius 3 is 2.76 bits per heavy atom. The van der Waals surface area contributed by atoms with Crippen molar-refractivity contribution in [2.24, 2.45) is 4.99 Å². The molecule has 2 fully saturated rings. The minimum Gasteiger partial charge on any atom is -0.506 e. The van der Waals surface area contributed by atoms with Crippen molar-refractivity contribution in [2.75, 3.05) is 18.8 Å². The Hall–Kier alpha value is -2.28. The zero-order valence-electron chi connectivity index (χ0n) is 11.4. The second-order valence-corrected chi connectivity index (χ2v) is 5.38. The molecule has 0 atom stereocenters. The zero-order valence-corrected chi connectivity index (χ0v) is 12.1. The van der Waals surface area contributed by atoms with Crippen LogP contribution in [0.15, 0.2) is 11.1 Å². The molecule has 1 amide bonds. The summed E-state index contributed by atoms with van der Waals surface area (Å²) >= 11 is 5.94. The number of amidine groups is 1. The van der Waals surface area contributed by atoms with Gasteiger partial charge in [0, 0.05) is 13.1 Å². The van der Waals surface area contributed by atoms with Gasteiger partial charge in [0.2, 0.25) is 0 Å².